The Labute approximate surface area is 122 Å². The number of aryl methyl sites for hydroxylation is 2. The van der Waals surface area contributed by atoms with Crippen LogP contribution in [-0.2, 0) is 0 Å². The molecule has 0 aliphatic carbocycles. The van der Waals surface area contributed by atoms with E-state index in [1.807, 2.05) is 12.1 Å². The maximum atomic E-state index is 5.79. The van der Waals surface area contributed by atoms with Crippen LogP contribution < -0.4 is 10.6 Å². The van der Waals surface area contributed by atoms with Crippen LogP contribution >= 0.6 is 22.6 Å². The highest BCUT2D eigenvalue weighted by Gasteiger charge is 2.10. The molecule has 0 bridgehead atoms. The van der Waals surface area contributed by atoms with Crippen molar-refractivity contribution in [1.82, 2.24) is 0 Å². The smallest absolute Gasteiger partial charge is 0.0545 e. The van der Waals surface area contributed by atoms with Gasteiger partial charge in [-0.05, 0) is 66.3 Å². The lowest BCUT2D eigenvalue weighted by Crippen LogP contribution is -2.12. The first-order chi connectivity index (χ1) is 8.49. The molecule has 0 spiro atoms. The molecule has 0 saturated carbocycles. The maximum absolute atomic E-state index is 5.79. The van der Waals surface area contributed by atoms with Crippen molar-refractivity contribution in [1.29, 1.82) is 0 Å². The molecule has 0 unspecified atom stereocenters. The van der Waals surface area contributed by atoms with Crippen LogP contribution in [0.25, 0.3) is 0 Å². The molecule has 3 heteroatoms. The highest BCUT2D eigenvalue weighted by molar-refractivity contribution is 14.1. The molecular weight excluding hydrogens is 335 g/mol. The number of benzene rings is 2. The summed E-state index contributed by atoms with van der Waals surface area (Å²) >= 11 is 2.32. The van der Waals surface area contributed by atoms with E-state index in [4.69, 9.17) is 5.73 Å². The van der Waals surface area contributed by atoms with Crippen molar-refractivity contribution < 1.29 is 0 Å². The highest BCUT2D eigenvalue weighted by atomic mass is 127. The van der Waals surface area contributed by atoms with Crippen LogP contribution in [0.2, 0.25) is 0 Å². The molecule has 0 atom stereocenters. The second-order valence-electron chi connectivity index (χ2n) is 4.56. The summed E-state index contributed by atoms with van der Waals surface area (Å²) in [5.74, 6) is 0. The minimum atomic E-state index is 0.803. The van der Waals surface area contributed by atoms with Gasteiger partial charge in [0.05, 0.1) is 5.69 Å². The maximum Gasteiger partial charge on any atom is 0.0545 e. The fourth-order valence-corrected chi connectivity index (χ4v) is 3.01. The van der Waals surface area contributed by atoms with Gasteiger partial charge >= 0.3 is 0 Å². The van der Waals surface area contributed by atoms with Crippen molar-refractivity contribution in [2.75, 3.05) is 17.7 Å². The molecule has 2 aromatic carbocycles. The molecule has 0 aromatic heterocycles. The number of nitrogens with two attached hydrogens (primary N) is 1. The van der Waals surface area contributed by atoms with Gasteiger partial charge in [0.25, 0.3) is 0 Å². The Morgan fingerprint density at radius 1 is 1.00 bits per heavy atom. The standard InChI is InChI=1S/C15H17IN2/c1-10-4-6-14(11(2)8-10)18(3)15-7-5-12(17)9-13(15)16/h4-9H,17H2,1-3H3. The van der Waals surface area contributed by atoms with Crippen LogP contribution in [0.5, 0.6) is 0 Å². The zero-order chi connectivity index (χ0) is 13.3. The van der Waals surface area contributed by atoms with Gasteiger partial charge in [-0.25, -0.2) is 0 Å². The molecule has 2 N–H and O–H groups in total. The molecule has 0 aliphatic heterocycles. The summed E-state index contributed by atoms with van der Waals surface area (Å²) in [6, 6.07) is 12.5. The zero-order valence-electron chi connectivity index (χ0n) is 10.9. The van der Waals surface area contributed by atoms with Gasteiger partial charge < -0.3 is 10.6 Å². The Bertz CT molecular complexity index is 527. The number of halogens is 1. The number of rotatable bonds is 2. The summed E-state index contributed by atoms with van der Waals surface area (Å²) in [6.45, 7) is 4.26. The van der Waals surface area contributed by atoms with E-state index in [0.29, 0.717) is 0 Å². The van der Waals surface area contributed by atoms with E-state index in [-0.39, 0.29) is 0 Å². The van der Waals surface area contributed by atoms with Crippen molar-refractivity contribution in [3.8, 4) is 0 Å². The van der Waals surface area contributed by atoms with E-state index < -0.39 is 0 Å². The van der Waals surface area contributed by atoms with Gasteiger partial charge in [0.2, 0.25) is 0 Å². The molecule has 0 saturated heterocycles. The Morgan fingerprint density at radius 2 is 1.67 bits per heavy atom. The summed E-state index contributed by atoms with van der Waals surface area (Å²) in [5.41, 5.74) is 11.6. The summed E-state index contributed by atoms with van der Waals surface area (Å²) in [4.78, 5) is 2.20. The predicted molar refractivity (Wildman–Crippen MR) is 87.6 cm³/mol. The van der Waals surface area contributed by atoms with Gasteiger partial charge in [-0.1, -0.05) is 17.7 Å². The molecule has 0 aliphatic rings. The average Bonchev–Trinajstić information content (AvgIpc) is 2.28. The minimum Gasteiger partial charge on any atom is -0.399 e. The van der Waals surface area contributed by atoms with Crippen molar-refractivity contribution in [3.05, 3.63) is 51.1 Å². The van der Waals surface area contributed by atoms with E-state index in [1.54, 1.807) is 0 Å². The van der Waals surface area contributed by atoms with Gasteiger partial charge in [-0.3, -0.25) is 0 Å². The van der Waals surface area contributed by atoms with Gasteiger partial charge in [0, 0.05) is 22.0 Å². The predicted octanol–water partition coefficient (Wildman–Crippen LogP) is 4.26. The largest absolute Gasteiger partial charge is 0.399 e. The second kappa shape index (κ2) is 5.18. The molecule has 0 heterocycles. The highest BCUT2D eigenvalue weighted by Crippen LogP contribution is 2.31. The summed E-state index contributed by atoms with van der Waals surface area (Å²) < 4.78 is 1.16. The van der Waals surface area contributed by atoms with E-state index in [9.17, 15) is 0 Å². The SMILES string of the molecule is Cc1ccc(N(C)c2ccc(N)cc2I)c(C)c1. The van der Waals surface area contributed by atoms with Gasteiger partial charge in [0.15, 0.2) is 0 Å². The number of hydrogen-bond donors (Lipinski definition) is 1. The Balaban J connectivity index is 2.44. The van der Waals surface area contributed by atoms with E-state index in [2.05, 4.69) is 72.7 Å². The monoisotopic (exact) mass is 352 g/mol. The first-order valence-electron chi connectivity index (χ1n) is 5.85. The lowest BCUT2D eigenvalue weighted by molar-refractivity contribution is 1.17. The lowest BCUT2D eigenvalue weighted by atomic mass is 10.1. The van der Waals surface area contributed by atoms with E-state index in [0.717, 1.165) is 9.26 Å². The van der Waals surface area contributed by atoms with Crippen LogP contribution in [0.1, 0.15) is 11.1 Å². The van der Waals surface area contributed by atoms with E-state index in [1.165, 1.54) is 22.5 Å². The first kappa shape index (κ1) is 13.2. The molecular formula is C15H17IN2. The van der Waals surface area contributed by atoms with Crippen molar-refractivity contribution >= 4 is 39.7 Å². The van der Waals surface area contributed by atoms with Gasteiger partial charge in [0.1, 0.15) is 0 Å². The van der Waals surface area contributed by atoms with Gasteiger partial charge in [-0.2, -0.15) is 0 Å². The third kappa shape index (κ3) is 2.61. The van der Waals surface area contributed by atoms with Crippen LogP contribution in [-0.4, -0.2) is 7.05 Å². The molecule has 18 heavy (non-hydrogen) atoms. The fourth-order valence-electron chi connectivity index (χ4n) is 2.11. The average molecular weight is 352 g/mol. The van der Waals surface area contributed by atoms with Crippen LogP contribution in [0.4, 0.5) is 17.1 Å². The second-order valence-corrected chi connectivity index (χ2v) is 5.72. The van der Waals surface area contributed by atoms with Crippen molar-refractivity contribution in [2.24, 2.45) is 0 Å². The first-order valence-corrected chi connectivity index (χ1v) is 6.93. The molecule has 2 aromatic rings. The molecule has 0 radical (unpaired) electrons. The van der Waals surface area contributed by atoms with Crippen molar-refractivity contribution in [2.45, 2.75) is 13.8 Å². The Kier molecular flexibility index (Phi) is 3.80. The number of nitrogens with zero attached hydrogens (tertiary/aromatic N) is 1. The molecule has 2 rings (SSSR count). The lowest BCUT2D eigenvalue weighted by Gasteiger charge is -2.23. The molecule has 2 nitrogen and oxygen atoms in total. The summed E-state index contributed by atoms with van der Waals surface area (Å²) in [6.07, 6.45) is 0. The topological polar surface area (TPSA) is 29.3 Å². The van der Waals surface area contributed by atoms with Gasteiger partial charge in [-0.15, -0.1) is 0 Å². The summed E-state index contributed by atoms with van der Waals surface area (Å²) in [5, 5.41) is 0. The number of anilines is 3. The zero-order valence-corrected chi connectivity index (χ0v) is 13.0. The normalized spacial score (nSPS) is 10.4. The molecule has 94 valence electrons. The minimum absolute atomic E-state index is 0.803. The summed E-state index contributed by atoms with van der Waals surface area (Å²) in [7, 11) is 2.09. The Morgan fingerprint density at radius 3 is 2.28 bits per heavy atom. The Hall–Kier alpha value is -1.23. The van der Waals surface area contributed by atoms with Crippen LogP contribution in [0.3, 0.4) is 0 Å². The van der Waals surface area contributed by atoms with Crippen LogP contribution in [0, 0.1) is 17.4 Å². The molecule has 0 amide bonds. The van der Waals surface area contributed by atoms with Crippen LogP contribution in [0.15, 0.2) is 36.4 Å². The quantitative estimate of drug-likeness (QED) is 0.647. The third-order valence-electron chi connectivity index (χ3n) is 3.05. The number of nitrogen functional groups attached to an aromatic ring is 1. The number of hydrogen-bond acceptors (Lipinski definition) is 2. The van der Waals surface area contributed by atoms with Crippen molar-refractivity contribution in [3.63, 3.8) is 0 Å². The molecule has 0 fully saturated rings. The fraction of sp³-hybridized carbons (Fsp3) is 0.200. The third-order valence-corrected chi connectivity index (χ3v) is 3.91. The van der Waals surface area contributed by atoms with E-state index >= 15 is 0 Å².